The van der Waals surface area contributed by atoms with Crippen molar-refractivity contribution in [3.8, 4) is 0 Å². The molecule has 0 nitrogen and oxygen atoms in total. The maximum Gasteiger partial charge on any atom is 0.00873 e. The van der Waals surface area contributed by atoms with Crippen molar-refractivity contribution < 1.29 is 2.85 Å². The van der Waals surface area contributed by atoms with Gasteiger partial charge in [-0.1, -0.05) is 79.4 Å². The Balaban J connectivity index is 0.00000193. The van der Waals surface area contributed by atoms with Gasteiger partial charge in [0.25, 0.3) is 0 Å². The molecule has 0 heterocycles. The molecule has 3 unspecified atom stereocenters. The van der Waals surface area contributed by atoms with Crippen LogP contribution < -0.4 is 0 Å². The molecule has 31 heavy (non-hydrogen) atoms. The van der Waals surface area contributed by atoms with Crippen molar-refractivity contribution in [2.24, 2.45) is 46.3 Å². The van der Waals surface area contributed by atoms with Crippen molar-refractivity contribution in [1.82, 2.24) is 0 Å². The van der Waals surface area contributed by atoms with Crippen LogP contribution in [-0.4, -0.2) is 10.5 Å². The summed E-state index contributed by atoms with van der Waals surface area (Å²) in [6.45, 7) is 17.6. The molecule has 0 aromatic carbocycles. The summed E-state index contributed by atoms with van der Waals surface area (Å²) in [7, 11) is 0. The van der Waals surface area contributed by atoms with Crippen molar-refractivity contribution in [1.29, 1.82) is 0 Å². The maximum atomic E-state index is 2.78. The lowest BCUT2D eigenvalue weighted by Gasteiger charge is -2.58. The molecule has 0 aromatic heterocycles. The van der Waals surface area contributed by atoms with Crippen LogP contribution in [-0.2, 0) is 0 Å². The highest BCUT2D eigenvalue weighted by Crippen LogP contribution is 2.67. The van der Waals surface area contributed by atoms with Crippen molar-refractivity contribution in [2.45, 2.75) is 130 Å². The van der Waals surface area contributed by atoms with Gasteiger partial charge in [0.05, 0.1) is 0 Å². The first-order valence-corrected chi connectivity index (χ1v) is 14.9. The summed E-state index contributed by atoms with van der Waals surface area (Å²) in [5.41, 5.74) is 3.03. The van der Waals surface area contributed by atoms with E-state index in [2.05, 4.69) is 66.3 Å². The van der Waals surface area contributed by atoms with Gasteiger partial charge < -0.3 is 0 Å². The highest BCUT2D eigenvalue weighted by Gasteiger charge is 2.59. The maximum absolute atomic E-state index is 2.78. The molecule has 0 N–H and O–H groups in total. The number of rotatable bonds is 7. The van der Waals surface area contributed by atoms with Crippen molar-refractivity contribution in [3.05, 3.63) is 11.6 Å². The van der Waals surface area contributed by atoms with Crippen molar-refractivity contribution >= 4 is 11.8 Å². The molecule has 1 heteroatoms. The number of thioether (sulfide) groups is 1. The highest BCUT2D eigenvalue weighted by atomic mass is 32.2. The lowest BCUT2D eigenvalue weighted by molar-refractivity contribution is -0.0497. The van der Waals surface area contributed by atoms with E-state index in [0.717, 1.165) is 46.0 Å². The van der Waals surface area contributed by atoms with Gasteiger partial charge in [-0.05, 0) is 103 Å². The Hall–Kier alpha value is 0.0900. The average molecular weight is 449 g/mol. The smallest absolute Gasteiger partial charge is 0.00873 e. The second-order valence-electron chi connectivity index (χ2n) is 13.3. The van der Waals surface area contributed by atoms with E-state index in [1.165, 1.54) is 70.6 Å². The fourth-order valence-corrected chi connectivity index (χ4v) is 10.5. The second kappa shape index (κ2) is 9.38. The zero-order chi connectivity index (χ0) is 22.4. The summed E-state index contributed by atoms with van der Waals surface area (Å²) >= 11 is 2.24. The number of fused-ring (bicyclic) bond motifs is 5. The van der Waals surface area contributed by atoms with Crippen molar-refractivity contribution in [2.75, 3.05) is 0 Å². The third-order valence-corrected chi connectivity index (χ3v) is 12.1. The first kappa shape index (κ1) is 24.2. The van der Waals surface area contributed by atoms with E-state index >= 15 is 0 Å². The molecular weight excluding hydrogens is 392 g/mol. The van der Waals surface area contributed by atoms with Crippen LogP contribution in [0.1, 0.15) is 122 Å². The van der Waals surface area contributed by atoms with Gasteiger partial charge in [-0.3, -0.25) is 0 Å². The molecule has 0 bridgehead atoms. The average Bonchev–Trinajstić information content (AvgIpc) is 3.05. The molecule has 3 saturated carbocycles. The van der Waals surface area contributed by atoms with Gasteiger partial charge in [-0.2, -0.15) is 11.8 Å². The first-order valence-electron chi connectivity index (χ1n) is 14.0. The molecule has 4 aliphatic carbocycles. The molecule has 0 saturated heterocycles. The van der Waals surface area contributed by atoms with Gasteiger partial charge in [0, 0.05) is 8.10 Å². The lowest BCUT2D eigenvalue weighted by atomic mass is 9.47. The molecule has 0 aromatic rings. The van der Waals surface area contributed by atoms with E-state index in [1.807, 2.05) is 5.57 Å². The van der Waals surface area contributed by atoms with Crippen LogP contribution in [0.3, 0.4) is 0 Å². The van der Waals surface area contributed by atoms with E-state index in [0.29, 0.717) is 10.8 Å². The van der Waals surface area contributed by atoms with Crippen molar-refractivity contribution in [3.63, 3.8) is 0 Å². The van der Waals surface area contributed by atoms with Crippen LogP contribution in [0.15, 0.2) is 11.6 Å². The monoisotopic (exact) mass is 448 g/mol. The van der Waals surface area contributed by atoms with Gasteiger partial charge in [-0.25, -0.2) is 0 Å². The highest BCUT2D eigenvalue weighted by molar-refractivity contribution is 8.00. The van der Waals surface area contributed by atoms with Gasteiger partial charge in [0.15, 0.2) is 0 Å². The van der Waals surface area contributed by atoms with E-state index in [-0.39, 0.29) is 2.85 Å². The Kier molecular flexibility index (Phi) is 7.33. The quantitative estimate of drug-likeness (QED) is 0.349. The summed E-state index contributed by atoms with van der Waals surface area (Å²) < 4.78 is 0. The Bertz CT molecular complexity index is 658. The minimum Gasteiger partial charge on any atom is -0.155 e. The van der Waals surface area contributed by atoms with Gasteiger partial charge in [-0.15, -0.1) is 0 Å². The zero-order valence-electron chi connectivity index (χ0n) is 21.9. The molecule has 0 amide bonds. The van der Waals surface area contributed by atoms with Crippen LogP contribution in [0, 0.1) is 46.3 Å². The summed E-state index contributed by atoms with van der Waals surface area (Å²) in [5, 5.41) is 1.66. The predicted octanol–water partition coefficient (Wildman–Crippen LogP) is 10.0. The fourth-order valence-electron chi connectivity index (χ4n) is 9.15. The molecule has 4 aliphatic rings. The van der Waals surface area contributed by atoms with E-state index in [4.69, 9.17) is 0 Å². The fraction of sp³-hybridized carbons (Fsp3) is 0.933. The Morgan fingerprint density at radius 2 is 1.74 bits per heavy atom. The molecule has 182 valence electrons. The van der Waals surface area contributed by atoms with E-state index in [9.17, 15) is 0 Å². The lowest BCUT2D eigenvalue weighted by Crippen LogP contribution is -2.50. The van der Waals surface area contributed by atoms with Gasteiger partial charge in [0.1, 0.15) is 0 Å². The van der Waals surface area contributed by atoms with Crippen LogP contribution in [0.2, 0.25) is 0 Å². The molecule has 8 atom stereocenters. The minimum absolute atomic E-state index is 0. The predicted molar refractivity (Wildman–Crippen MR) is 144 cm³/mol. The minimum atomic E-state index is 0. The SMILES string of the molecule is CC(C)CCC[C@@H](C)[C@H]1CCC2[C@@H]3CC=C4CC(SC(C)C)CC[C@]4(C)C3CC[C@@]21C.[HH].[HH]. The summed E-state index contributed by atoms with van der Waals surface area (Å²) in [6.07, 6.45) is 18.9. The molecule has 4 rings (SSSR count). The normalized spacial score (nSPS) is 43.4. The van der Waals surface area contributed by atoms with Crippen LogP contribution >= 0.6 is 11.8 Å². The largest absolute Gasteiger partial charge is 0.155 e. The third-order valence-electron chi connectivity index (χ3n) is 10.7. The number of hydrogen-bond donors (Lipinski definition) is 0. The van der Waals surface area contributed by atoms with E-state index in [1.54, 1.807) is 0 Å². The van der Waals surface area contributed by atoms with Gasteiger partial charge in [0.2, 0.25) is 0 Å². The summed E-state index contributed by atoms with van der Waals surface area (Å²) in [4.78, 5) is 0. The molecule has 0 radical (unpaired) electrons. The Morgan fingerprint density at radius 3 is 2.45 bits per heavy atom. The third kappa shape index (κ3) is 4.57. The van der Waals surface area contributed by atoms with Gasteiger partial charge >= 0.3 is 0 Å². The zero-order valence-corrected chi connectivity index (χ0v) is 22.7. The number of hydrogen-bond acceptors (Lipinski definition) is 1. The Morgan fingerprint density at radius 1 is 0.968 bits per heavy atom. The first-order chi connectivity index (χ1) is 14.6. The Labute approximate surface area is 202 Å². The summed E-state index contributed by atoms with van der Waals surface area (Å²) in [6, 6.07) is 0. The molecule has 0 spiro atoms. The summed E-state index contributed by atoms with van der Waals surface area (Å²) in [5.74, 6) is 5.75. The molecular formula is C30H56S. The standard InChI is InChI=1S/C30H52S.2H2/c1-20(2)9-8-10-22(5)26-13-14-27-25-12-11-23-19-24(31-21(3)4)15-17-29(23,6)28(25)16-18-30(26,27)7;;/h11,20-22,24-28H,8-10,12-19H2,1-7H3;2*1H/t22-,24?,25+,26-,27?,28?,29+,30-;;/m1../s1. The van der Waals surface area contributed by atoms with Crippen LogP contribution in [0.4, 0.5) is 0 Å². The second-order valence-corrected chi connectivity index (χ2v) is 15.2. The van der Waals surface area contributed by atoms with Crippen LogP contribution in [0.5, 0.6) is 0 Å². The molecule has 3 fully saturated rings. The van der Waals surface area contributed by atoms with E-state index < -0.39 is 0 Å². The number of allylic oxidation sites excluding steroid dienone is 2. The topological polar surface area (TPSA) is 0 Å². The molecule has 0 aliphatic heterocycles. The van der Waals surface area contributed by atoms with Crippen LogP contribution in [0.25, 0.3) is 0 Å².